The third kappa shape index (κ3) is 9.94. The molecule has 0 aliphatic rings. The van der Waals surface area contributed by atoms with Crippen LogP contribution in [0.15, 0.2) is 97.1 Å². The van der Waals surface area contributed by atoms with Gasteiger partial charge in [-0.3, -0.25) is 0 Å². The molecule has 0 aliphatic heterocycles. The summed E-state index contributed by atoms with van der Waals surface area (Å²) < 4.78 is 0. The van der Waals surface area contributed by atoms with Gasteiger partial charge in [0, 0.05) is 0 Å². The molecule has 2 radical (unpaired) electrons. The Labute approximate surface area is 321 Å². The molecule has 48 heavy (non-hydrogen) atoms. The van der Waals surface area contributed by atoms with Crippen LogP contribution >= 0.6 is 24.8 Å². The van der Waals surface area contributed by atoms with E-state index in [1.54, 1.807) is 0 Å². The first-order valence-electron chi connectivity index (χ1n) is 15.5. The summed E-state index contributed by atoms with van der Waals surface area (Å²) in [5, 5.41) is 5.53. The van der Waals surface area contributed by atoms with Crippen LogP contribution in [0.1, 0.15) is 74.9 Å². The molecule has 0 heterocycles. The summed E-state index contributed by atoms with van der Waals surface area (Å²) in [6, 6.07) is 35.7. The number of aryl methyl sites for hydroxylation is 4. The van der Waals surface area contributed by atoms with E-state index < -0.39 is 0 Å². The predicted octanol–water partition coefficient (Wildman–Crippen LogP) is 13.6. The van der Waals surface area contributed by atoms with Crippen LogP contribution in [0.25, 0.3) is 43.8 Å². The number of halogens is 2. The van der Waals surface area contributed by atoms with Gasteiger partial charge in [-0.05, 0) is 35.8 Å². The standard InChI is InChI=1S/2C21H23.2CH3.2ClH.Si.Zr/c2*1-14-9-11-16(12-10-14)18-8-6-7-17-13-19(21(3,4)5)15(2)20(17)18;;;;;;/h2*6-13H,1-5H3;2*1H3;2*1H;;/q4*-1;;;;. The van der Waals surface area contributed by atoms with E-state index in [1.807, 2.05) is 0 Å². The summed E-state index contributed by atoms with van der Waals surface area (Å²) in [6.45, 7) is 25.6. The van der Waals surface area contributed by atoms with Crippen molar-refractivity contribution in [3.8, 4) is 22.3 Å². The molecular formula is C44H54Cl2SiZr-4. The van der Waals surface area contributed by atoms with Gasteiger partial charge in [0.25, 0.3) is 0 Å². The van der Waals surface area contributed by atoms with Gasteiger partial charge in [-0.2, -0.15) is 11.1 Å². The fourth-order valence-corrected chi connectivity index (χ4v) is 6.52. The average molecular weight is 773 g/mol. The van der Waals surface area contributed by atoms with E-state index >= 15 is 0 Å². The van der Waals surface area contributed by atoms with Crippen LogP contribution in [-0.2, 0) is 34.2 Å². The Morgan fingerprint density at radius 3 is 1.04 bits per heavy atom. The van der Waals surface area contributed by atoms with E-state index in [4.69, 9.17) is 0 Å². The first-order valence-corrected chi connectivity index (χ1v) is 19.7. The number of benzene rings is 4. The Bertz CT molecular complexity index is 1740. The molecule has 0 saturated heterocycles. The molecule has 0 aromatic heterocycles. The fraction of sp³-hybridized carbons (Fsp3) is 0.273. The van der Waals surface area contributed by atoms with Crippen LogP contribution in [0.4, 0.5) is 0 Å². The van der Waals surface area contributed by atoms with Crippen molar-refractivity contribution in [2.75, 3.05) is 0 Å². The zero-order chi connectivity index (χ0) is 32.4. The molecular weight excluding hydrogens is 719 g/mol. The minimum atomic E-state index is 0. The number of rotatable bonds is 2. The van der Waals surface area contributed by atoms with Gasteiger partial charge in [0.1, 0.15) is 0 Å². The summed E-state index contributed by atoms with van der Waals surface area (Å²) in [5.74, 6) is 0. The van der Waals surface area contributed by atoms with Crippen LogP contribution in [0, 0.1) is 42.5 Å². The summed E-state index contributed by atoms with van der Waals surface area (Å²) in [5.41, 5.74) is 14.1. The van der Waals surface area contributed by atoms with E-state index in [1.165, 1.54) is 101 Å². The van der Waals surface area contributed by atoms with Gasteiger partial charge in [0.05, 0.1) is 0 Å². The molecule has 0 nitrogen and oxygen atoms in total. The van der Waals surface area contributed by atoms with Crippen LogP contribution in [0.3, 0.4) is 0 Å². The topological polar surface area (TPSA) is 0 Å². The van der Waals surface area contributed by atoms with Crippen molar-refractivity contribution in [2.45, 2.75) is 80.1 Å². The molecule has 0 fully saturated rings. The van der Waals surface area contributed by atoms with Crippen LogP contribution in [0.2, 0.25) is 0 Å². The normalized spacial score (nSPS) is 10.6. The number of hydrogen-bond donors (Lipinski definition) is 0. The Kier molecular flexibility index (Phi) is 17.8. The van der Waals surface area contributed by atoms with E-state index in [-0.39, 0.29) is 50.5 Å². The predicted molar refractivity (Wildman–Crippen MR) is 219 cm³/mol. The molecule has 0 amide bonds. The summed E-state index contributed by atoms with van der Waals surface area (Å²) in [4.78, 5) is 0. The van der Waals surface area contributed by atoms with Crippen LogP contribution < -0.4 is 0 Å². The molecule has 0 bridgehead atoms. The summed E-state index contributed by atoms with van der Waals surface area (Å²) in [6.07, 6.45) is 0. The number of fused-ring (bicyclic) bond motifs is 2. The van der Waals surface area contributed by atoms with Crippen molar-refractivity contribution in [3.05, 3.63) is 145 Å². The second kappa shape index (κ2) is 18.7. The molecule has 0 saturated carbocycles. The second-order valence-corrected chi connectivity index (χ2v) is 14.1. The van der Waals surface area contributed by atoms with Crippen molar-refractivity contribution in [1.29, 1.82) is 0 Å². The van der Waals surface area contributed by atoms with Gasteiger partial charge in [-0.15, -0.1) is 93.9 Å². The molecule has 0 aliphatic carbocycles. The third-order valence-electron chi connectivity index (χ3n) is 8.69. The minimum absolute atomic E-state index is 0. The molecule has 0 unspecified atom stereocenters. The first-order chi connectivity index (χ1) is 20.8. The fourth-order valence-electron chi connectivity index (χ4n) is 6.52. The van der Waals surface area contributed by atoms with Crippen LogP contribution in [-0.4, -0.2) is 6.88 Å². The van der Waals surface area contributed by atoms with Crippen molar-refractivity contribution in [3.63, 3.8) is 0 Å². The summed E-state index contributed by atoms with van der Waals surface area (Å²) in [7, 11) is 0. The first kappa shape index (κ1) is 45.8. The van der Waals surface area contributed by atoms with Gasteiger partial charge < -0.3 is 14.9 Å². The van der Waals surface area contributed by atoms with Crippen molar-refractivity contribution < 1.29 is 23.3 Å². The maximum atomic E-state index is 3.06. The molecule has 6 rings (SSSR count). The van der Waals surface area contributed by atoms with Gasteiger partial charge in [0.15, 0.2) is 0 Å². The molecule has 4 heteroatoms. The molecule has 0 spiro atoms. The number of hydrogen-bond acceptors (Lipinski definition) is 0. The third-order valence-corrected chi connectivity index (χ3v) is 8.69. The van der Waals surface area contributed by atoms with Gasteiger partial charge >= 0.3 is 30.2 Å². The zero-order valence-corrected chi connectivity index (χ0v) is 36.1. The molecule has 0 N–H and O–H groups in total. The van der Waals surface area contributed by atoms with Gasteiger partial charge in [-0.1, -0.05) is 138 Å². The van der Waals surface area contributed by atoms with Gasteiger partial charge in [-0.25, -0.2) is 0 Å². The SMILES string of the molecule is Cc1ccc(-c2cccc3[cH-]c(C(C)(C)C)c(C)c23)cc1.Cc1ccc(-c2cccc3[cH-]c(C(C)(C)C)c(C)c23)cc1.Cl.Cl.[CH3-].[CH3-].[Si]=[Zr]. The van der Waals surface area contributed by atoms with E-state index in [2.05, 4.69) is 173 Å². The van der Waals surface area contributed by atoms with Crippen molar-refractivity contribution >= 4 is 53.2 Å². The maximum absolute atomic E-state index is 3.06. The Morgan fingerprint density at radius 2 is 0.771 bits per heavy atom. The van der Waals surface area contributed by atoms with E-state index in [0.29, 0.717) is 0 Å². The monoisotopic (exact) mass is 770 g/mol. The Balaban J connectivity index is 0.000000811. The van der Waals surface area contributed by atoms with Gasteiger partial charge in [0.2, 0.25) is 0 Å². The van der Waals surface area contributed by atoms with Crippen molar-refractivity contribution in [2.24, 2.45) is 0 Å². The Morgan fingerprint density at radius 1 is 0.479 bits per heavy atom. The van der Waals surface area contributed by atoms with Crippen LogP contribution in [0.5, 0.6) is 0 Å². The van der Waals surface area contributed by atoms with E-state index in [0.717, 1.165) is 0 Å². The van der Waals surface area contributed by atoms with E-state index in [9.17, 15) is 0 Å². The second-order valence-electron chi connectivity index (χ2n) is 14.1. The molecule has 0 atom stereocenters. The zero-order valence-electron chi connectivity index (χ0n) is 31.1. The average Bonchev–Trinajstić information content (AvgIpc) is 3.53. The van der Waals surface area contributed by atoms with Crippen molar-refractivity contribution in [1.82, 2.24) is 0 Å². The Hall–Kier alpha value is -2.22. The summed E-state index contributed by atoms with van der Waals surface area (Å²) >= 11 is 1.36. The molecule has 256 valence electrons. The molecule has 6 aromatic rings. The molecule has 6 aromatic carbocycles. The quantitative estimate of drug-likeness (QED) is 0.121.